The van der Waals surface area contributed by atoms with Crippen LogP contribution in [-0.2, 0) is 13.6 Å². The molecule has 0 bridgehead atoms. The molecule has 2 aromatic heterocycles. The van der Waals surface area contributed by atoms with Crippen LogP contribution >= 0.6 is 0 Å². The van der Waals surface area contributed by atoms with Crippen molar-refractivity contribution in [2.75, 3.05) is 6.54 Å². The molecule has 0 saturated carbocycles. The number of aryl methyl sites for hydroxylation is 1. The van der Waals surface area contributed by atoms with E-state index in [0.29, 0.717) is 24.6 Å². The van der Waals surface area contributed by atoms with Crippen LogP contribution in [0.4, 0.5) is 0 Å². The van der Waals surface area contributed by atoms with E-state index in [0.717, 1.165) is 0 Å². The predicted octanol–water partition coefficient (Wildman–Crippen LogP) is -0.664. The van der Waals surface area contributed by atoms with Crippen molar-refractivity contribution in [3.05, 3.63) is 18.1 Å². The van der Waals surface area contributed by atoms with Gasteiger partial charge in [0.25, 0.3) is 0 Å². The van der Waals surface area contributed by atoms with Gasteiger partial charge in [-0.2, -0.15) is 0 Å². The zero-order chi connectivity index (χ0) is 12.4. The van der Waals surface area contributed by atoms with Gasteiger partial charge in [-0.15, -0.1) is 5.10 Å². The second kappa shape index (κ2) is 4.34. The van der Waals surface area contributed by atoms with Gasteiger partial charge >= 0.3 is 5.97 Å². The number of nitrogens with two attached hydrogens (primary N) is 1. The molecule has 8 heteroatoms. The molecule has 0 radical (unpaired) electrons. The molecule has 0 amide bonds. The van der Waals surface area contributed by atoms with Crippen molar-refractivity contribution in [3.8, 4) is 11.5 Å². The van der Waals surface area contributed by atoms with Gasteiger partial charge in [-0.05, 0) is 0 Å². The van der Waals surface area contributed by atoms with Gasteiger partial charge in [0.05, 0.1) is 6.54 Å². The van der Waals surface area contributed by atoms with Gasteiger partial charge in [-0.3, -0.25) is 0 Å². The Morgan fingerprint density at radius 2 is 2.35 bits per heavy atom. The highest BCUT2D eigenvalue weighted by atomic mass is 16.4. The molecule has 0 spiro atoms. The third-order valence-corrected chi connectivity index (χ3v) is 2.31. The Kier molecular flexibility index (Phi) is 2.88. The molecule has 0 fully saturated rings. The second-order valence-corrected chi connectivity index (χ2v) is 3.47. The number of aromatic nitrogens is 5. The standard InChI is InChI=1S/C9H12N6O2/c1-14-5-3-11-8(14)7-6(9(16)17)12-13-15(7)4-2-10/h3,5H,2,4,10H2,1H3,(H,16,17). The number of carbonyl (C=O) groups is 1. The van der Waals surface area contributed by atoms with Crippen molar-refractivity contribution in [1.82, 2.24) is 24.5 Å². The average Bonchev–Trinajstić information content (AvgIpc) is 2.84. The van der Waals surface area contributed by atoms with E-state index in [1.807, 2.05) is 0 Å². The molecule has 3 N–H and O–H groups in total. The minimum atomic E-state index is -1.13. The number of carboxylic acid groups (broad SMARTS) is 1. The Labute approximate surface area is 96.7 Å². The molecule has 0 aliphatic rings. The first-order chi connectivity index (χ1) is 8.15. The second-order valence-electron chi connectivity index (χ2n) is 3.47. The fraction of sp³-hybridized carbons (Fsp3) is 0.333. The van der Waals surface area contributed by atoms with Crippen LogP contribution in [-0.4, -0.2) is 42.2 Å². The number of rotatable bonds is 4. The third kappa shape index (κ3) is 1.89. The molecule has 8 nitrogen and oxygen atoms in total. The fourth-order valence-corrected chi connectivity index (χ4v) is 1.55. The molecule has 90 valence electrons. The van der Waals surface area contributed by atoms with Crippen LogP contribution in [0.25, 0.3) is 11.5 Å². The summed E-state index contributed by atoms with van der Waals surface area (Å²) in [5, 5.41) is 16.5. The van der Waals surface area contributed by atoms with Crippen molar-refractivity contribution >= 4 is 5.97 Å². The summed E-state index contributed by atoms with van der Waals surface area (Å²) in [6.07, 6.45) is 3.31. The first-order valence-corrected chi connectivity index (χ1v) is 4.99. The van der Waals surface area contributed by atoms with Gasteiger partial charge in [0.2, 0.25) is 5.69 Å². The van der Waals surface area contributed by atoms with Gasteiger partial charge in [0.1, 0.15) is 5.69 Å². The van der Waals surface area contributed by atoms with Gasteiger partial charge in [0.15, 0.2) is 5.82 Å². The average molecular weight is 236 g/mol. The number of aromatic carboxylic acids is 1. The smallest absolute Gasteiger partial charge is 0.358 e. The van der Waals surface area contributed by atoms with Gasteiger partial charge in [-0.1, -0.05) is 5.21 Å². The molecular formula is C9H12N6O2. The summed E-state index contributed by atoms with van der Waals surface area (Å²) in [4.78, 5) is 15.2. The largest absolute Gasteiger partial charge is 0.476 e. The quantitative estimate of drug-likeness (QED) is 0.728. The van der Waals surface area contributed by atoms with Crippen LogP contribution in [0.3, 0.4) is 0 Å². The molecule has 17 heavy (non-hydrogen) atoms. The maximum atomic E-state index is 11.1. The summed E-state index contributed by atoms with van der Waals surface area (Å²) in [7, 11) is 1.77. The van der Waals surface area contributed by atoms with E-state index < -0.39 is 5.97 Å². The molecule has 2 heterocycles. The van der Waals surface area contributed by atoms with Crippen LogP contribution in [0.5, 0.6) is 0 Å². The summed E-state index contributed by atoms with van der Waals surface area (Å²) in [5.41, 5.74) is 5.70. The molecule has 2 aromatic rings. The van der Waals surface area contributed by atoms with Crippen LogP contribution in [0, 0.1) is 0 Å². The number of hydrogen-bond acceptors (Lipinski definition) is 5. The third-order valence-electron chi connectivity index (χ3n) is 2.31. The van der Waals surface area contributed by atoms with E-state index in [-0.39, 0.29) is 5.69 Å². The number of nitrogens with zero attached hydrogens (tertiary/aromatic N) is 5. The number of imidazole rings is 1. The highest BCUT2D eigenvalue weighted by molar-refractivity contribution is 5.91. The van der Waals surface area contributed by atoms with Gasteiger partial charge < -0.3 is 15.4 Å². The van der Waals surface area contributed by atoms with E-state index in [2.05, 4.69) is 15.3 Å². The molecule has 0 aliphatic heterocycles. The Hall–Kier alpha value is -2.22. The van der Waals surface area contributed by atoms with Crippen molar-refractivity contribution in [2.24, 2.45) is 12.8 Å². The van der Waals surface area contributed by atoms with Crippen molar-refractivity contribution in [2.45, 2.75) is 6.54 Å². The summed E-state index contributed by atoms with van der Waals surface area (Å²) in [6, 6.07) is 0. The summed E-state index contributed by atoms with van der Waals surface area (Å²) in [6.45, 7) is 0.738. The highest BCUT2D eigenvalue weighted by Gasteiger charge is 2.22. The lowest BCUT2D eigenvalue weighted by Gasteiger charge is -2.05. The Bertz CT molecular complexity index is 543. The SMILES string of the molecule is Cn1ccnc1-c1c(C(=O)O)nnn1CCN. The summed E-state index contributed by atoms with van der Waals surface area (Å²) in [5.74, 6) is -0.632. The Morgan fingerprint density at radius 1 is 1.59 bits per heavy atom. The van der Waals surface area contributed by atoms with Crippen molar-refractivity contribution in [3.63, 3.8) is 0 Å². The van der Waals surface area contributed by atoms with E-state index in [1.165, 1.54) is 4.68 Å². The van der Waals surface area contributed by atoms with Gasteiger partial charge in [-0.25, -0.2) is 14.5 Å². The number of carboxylic acids is 1. The first-order valence-electron chi connectivity index (χ1n) is 4.99. The van der Waals surface area contributed by atoms with Crippen molar-refractivity contribution in [1.29, 1.82) is 0 Å². The molecular weight excluding hydrogens is 224 g/mol. The van der Waals surface area contributed by atoms with E-state index in [9.17, 15) is 4.79 Å². The molecule has 0 unspecified atom stereocenters. The topological polar surface area (TPSA) is 112 Å². The van der Waals surface area contributed by atoms with E-state index >= 15 is 0 Å². The Balaban J connectivity index is 2.60. The minimum Gasteiger partial charge on any atom is -0.476 e. The Morgan fingerprint density at radius 3 is 2.88 bits per heavy atom. The lowest BCUT2D eigenvalue weighted by molar-refractivity contribution is 0.0691. The molecule has 2 rings (SSSR count). The molecule has 0 aliphatic carbocycles. The molecule has 0 aromatic carbocycles. The van der Waals surface area contributed by atoms with Gasteiger partial charge in [0, 0.05) is 26.0 Å². The maximum absolute atomic E-state index is 11.1. The normalized spacial score (nSPS) is 10.7. The number of hydrogen-bond donors (Lipinski definition) is 2. The lowest BCUT2D eigenvalue weighted by atomic mass is 10.3. The monoisotopic (exact) mass is 236 g/mol. The molecule has 0 atom stereocenters. The zero-order valence-electron chi connectivity index (χ0n) is 9.24. The highest BCUT2D eigenvalue weighted by Crippen LogP contribution is 2.19. The first kappa shape index (κ1) is 11.3. The zero-order valence-corrected chi connectivity index (χ0v) is 9.24. The van der Waals surface area contributed by atoms with E-state index in [4.69, 9.17) is 10.8 Å². The minimum absolute atomic E-state index is 0.118. The van der Waals surface area contributed by atoms with Crippen LogP contribution in [0.15, 0.2) is 12.4 Å². The predicted molar refractivity (Wildman–Crippen MR) is 58.2 cm³/mol. The molecule has 0 saturated heterocycles. The fourth-order valence-electron chi connectivity index (χ4n) is 1.55. The van der Waals surface area contributed by atoms with Crippen molar-refractivity contribution < 1.29 is 9.90 Å². The van der Waals surface area contributed by atoms with Crippen LogP contribution in [0.2, 0.25) is 0 Å². The maximum Gasteiger partial charge on any atom is 0.358 e. The summed E-state index contributed by atoms with van der Waals surface area (Å²) < 4.78 is 3.16. The summed E-state index contributed by atoms with van der Waals surface area (Å²) >= 11 is 0. The lowest BCUT2D eigenvalue weighted by Crippen LogP contribution is -2.14. The van der Waals surface area contributed by atoms with Crippen LogP contribution < -0.4 is 5.73 Å². The van der Waals surface area contributed by atoms with Crippen LogP contribution in [0.1, 0.15) is 10.5 Å². The van der Waals surface area contributed by atoms with E-state index in [1.54, 1.807) is 24.0 Å².